The maximum absolute atomic E-state index is 12.3. The van der Waals surface area contributed by atoms with Crippen LogP contribution in [0.2, 0.25) is 0 Å². The number of ether oxygens (including phenoxy) is 1. The fourth-order valence-electron chi connectivity index (χ4n) is 3.25. The molecule has 1 heterocycles. The average molecular weight is 282 g/mol. The number of rotatable bonds is 7. The van der Waals surface area contributed by atoms with E-state index in [0.29, 0.717) is 18.7 Å². The van der Waals surface area contributed by atoms with Crippen LogP contribution < -0.4 is 5.32 Å². The number of hydrogen-bond donors (Lipinski definition) is 1. The van der Waals surface area contributed by atoms with Gasteiger partial charge in [-0.15, -0.1) is 0 Å². The first kappa shape index (κ1) is 15.8. The second kappa shape index (κ2) is 6.90. The lowest BCUT2D eigenvalue weighted by molar-refractivity contribution is -0.151. The number of carbonyl (C=O) groups excluding carboxylic acids is 1. The van der Waals surface area contributed by atoms with Crippen LogP contribution in [0.3, 0.4) is 0 Å². The molecule has 0 spiro atoms. The summed E-state index contributed by atoms with van der Waals surface area (Å²) in [4.78, 5) is 14.9. The van der Waals surface area contributed by atoms with Gasteiger partial charge in [0.25, 0.3) is 0 Å². The van der Waals surface area contributed by atoms with Gasteiger partial charge in [0.1, 0.15) is 5.54 Å². The average Bonchev–Trinajstić information content (AvgIpc) is 3.23. The zero-order valence-electron chi connectivity index (χ0n) is 13.3. The highest BCUT2D eigenvalue weighted by Gasteiger charge is 2.41. The highest BCUT2D eigenvalue weighted by molar-refractivity contribution is 5.80. The molecule has 1 N–H and O–H groups in total. The second-order valence-electron chi connectivity index (χ2n) is 6.62. The molecule has 0 aromatic heterocycles. The van der Waals surface area contributed by atoms with E-state index in [4.69, 9.17) is 4.74 Å². The van der Waals surface area contributed by atoms with E-state index in [-0.39, 0.29) is 5.97 Å². The van der Waals surface area contributed by atoms with Gasteiger partial charge in [0.05, 0.1) is 6.61 Å². The van der Waals surface area contributed by atoms with E-state index in [2.05, 4.69) is 17.1 Å². The van der Waals surface area contributed by atoms with E-state index in [1.165, 1.54) is 45.2 Å². The van der Waals surface area contributed by atoms with Crippen LogP contribution in [0.4, 0.5) is 0 Å². The van der Waals surface area contributed by atoms with Crippen molar-refractivity contribution < 1.29 is 9.53 Å². The van der Waals surface area contributed by atoms with E-state index in [1.807, 2.05) is 13.8 Å². The van der Waals surface area contributed by atoms with Crippen LogP contribution in [0.1, 0.15) is 59.3 Å². The van der Waals surface area contributed by atoms with Gasteiger partial charge in [0, 0.05) is 12.1 Å². The highest BCUT2D eigenvalue weighted by Crippen LogP contribution is 2.27. The molecule has 1 aliphatic heterocycles. The molecule has 0 aromatic carbocycles. The Morgan fingerprint density at radius 2 is 2.00 bits per heavy atom. The number of likely N-dealkylation sites (tertiary alicyclic amines) is 1. The van der Waals surface area contributed by atoms with E-state index in [9.17, 15) is 4.79 Å². The molecule has 0 radical (unpaired) electrons. The van der Waals surface area contributed by atoms with Gasteiger partial charge in [-0.25, -0.2) is 0 Å². The molecule has 0 amide bonds. The van der Waals surface area contributed by atoms with Gasteiger partial charge in [-0.3, -0.25) is 10.1 Å². The fourth-order valence-corrected chi connectivity index (χ4v) is 3.25. The third-order valence-corrected chi connectivity index (χ3v) is 4.54. The van der Waals surface area contributed by atoms with Gasteiger partial charge >= 0.3 is 5.97 Å². The molecule has 116 valence electrons. The van der Waals surface area contributed by atoms with Crippen molar-refractivity contribution in [3.05, 3.63) is 0 Å². The third kappa shape index (κ3) is 4.19. The zero-order valence-corrected chi connectivity index (χ0v) is 13.3. The number of esters is 1. The first-order valence-electron chi connectivity index (χ1n) is 8.24. The number of nitrogens with one attached hydrogen (secondary N) is 1. The van der Waals surface area contributed by atoms with E-state index in [0.717, 1.165) is 6.42 Å². The SMILES string of the molecule is CCOC(=O)C(C)(CC(C)N1CCCCC1)NC1CC1. The number of carbonyl (C=O) groups is 1. The summed E-state index contributed by atoms with van der Waals surface area (Å²) < 4.78 is 5.30. The van der Waals surface area contributed by atoms with E-state index < -0.39 is 5.54 Å². The van der Waals surface area contributed by atoms with Crippen LogP contribution in [0, 0.1) is 0 Å². The minimum absolute atomic E-state index is 0.0873. The molecule has 1 aliphatic carbocycles. The summed E-state index contributed by atoms with van der Waals surface area (Å²) in [5.74, 6) is -0.0873. The van der Waals surface area contributed by atoms with Crippen LogP contribution >= 0.6 is 0 Å². The van der Waals surface area contributed by atoms with Crippen molar-refractivity contribution in [1.29, 1.82) is 0 Å². The largest absolute Gasteiger partial charge is 0.465 e. The molecular formula is C16H30N2O2. The van der Waals surface area contributed by atoms with Gasteiger partial charge in [0.2, 0.25) is 0 Å². The van der Waals surface area contributed by atoms with Crippen molar-refractivity contribution in [3.8, 4) is 0 Å². The molecule has 0 aromatic rings. The summed E-state index contributed by atoms with van der Waals surface area (Å²) >= 11 is 0. The molecule has 2 atom stereocenters. The van der Waals surface area contributed by atoms with Crippen molar-refractivity contribution in [2.24, 2.45) is 0 Å². The van der Waals surface area contributed by atoms with Gasteiger partial charge in [0.15, 0.2) is 0 Å². The number of hydrogen-bond acceptors (Lipinski definition) is 4. The first-order valence-corrected chi connectivity index (χ1v) is 8.24. The smallest absolute Gasteiger partial charge is 0.326 e. The summed E-state index contributed by atoms with van der Waals surface area (Å²) in [5, 5.41) is 3.52. The molecule has 4 nitrogen and oxygen atoms in total. The van der Waals surface area contributed by atoms with E-state index >= 15 is 0 Å². The normalized spacial score (nSPS) is 24.9. The molecule has 0 bridgehead atoms. The van der Waals surface area contributed by atoms with Crippen LogP contribution in [-0.4, -0.2) is 48.2 Å². The minimum atomic E-state index is -0.534. The Morgan fingerprint density at radius 3 is 2.55 bits per heavy atom. The third-order valence-electron chi connectivity index (χ3n) is 4.54. The lowest BCUT2D eigenvalue weighted by Crippen LogP contribution is -2.55. The minimum Gasteiger partial charge on any atom is -0.465 e. The van der Waals surface area contributed by atoms with Crippen molar-refractivity contribution in [2.75, 3.05) is 19.7 Å². The predicted octanol–water partition coefficient (Wildman–Crippen LogP) is 2.32. The lowest BCUT2D eigenvalue weighted by Gasteiger charge is -2.38. The Labute approximate surface area is 123 Å². The summed E-state index contributed by atoms with van der Waals surface area (Å²) in [6.07, 6.45) is 7.13. The Kier molecular flexibility index (Phi) is 5.44. The maximum Gasteiger partial charge on any atom is 0.326 e. The maximum atomic E-state index is 12.3. The predicted molar refractivity (Wildman–Crippen MR) is 80.7 cm³/mol. The second-order valence-corrected chi connectivity index (χ2v) is 6.62. The topological polar surface area (TPSA) is 41.6 Å². The summed E-state index contributed by atoms with van der Waals surface area (Å²) in [5.41, 5.74) is -0.534. The Balaban J connectivity index is 1.96. The van der Waals surface area contributed by atoms with Crippen LogP contribution in [0.15, 0.2) is 0 Å². The molecular weight excluding hydrogens is 252 g/mol. The molecule has 4 heteroatoms. The summed E-state index contributed by atoms with van der Waals surface area (Å²) in [7, 11) is 0. The molecule has 2 unspecified atom stereocenters. The van der Waals surface area contributed by atoms with Gasteiger partial charge < -0.3 is 9.64 Å². The van der Waals surface area contributed by atoms with E-state index in [1.54, 1.807) is 0 Å². The van der Waals surface area contributed by atoms with Crippen molar-refractivity contribution in [2.45, 2.75) is 76.9 Å². The quantitative estimate of drug-likeness (QED) is 0.728. The van der Waals surface area contributed by atoms with Crippen LogP contribution in [0.5, 0.6) is 0 Å². The summed E-state index contributed by atoms with van der Waals surface area (Å²) in [6, 6.07) is 0.939. The summed E-state index contributed by atoms with van der Waals surface area (Å²) in [6.45, 7) is 8.94. The lowest BCUT2D eigenvalue weighted by atomic mass is 9.91. The zero-order chi connectivity index (χ0) is 14.6. The van der Waals surface area contributed by atoms with Crippen LogP contribution in [-0.2, 0) is 9.53 Å². The Hall–Kier alpha value is -0.610. The Bertz CT molecular complexity index is 324. The van der Waals surface area contributed by atoms with Crippen molar-refractivity contribution >= 4 is 5.97 Å². The molecule has 2 aliphatic rings. The first-order chi connectivity index (χ1) is 9.55. The molecule has 2 fully saturated rings. The Morgan fingerprint density at radius 1 is 1.35 bits per heavy atom. The van der Waals surface area contributed by atoms with Crippen LogP contribution in [0.25, 0.3) is 0 Å². The van der Waals surface area contributed by atoms with Crippen molar-refractivity contribution in [1.82, 2.24) is 10.2 Å². The number of piperidine rings is 1. The standard InChI is InChI=1S/C16H30N2O2/c1-4-20-15(19)16(3,17-14-8-9-14)12-13(2)18-10-6-5-7-11-18/h13-14,17H,4-12H2,1-3H3. The van der Waals surface area contributed by atoms with Gasteiger partial charge in [-0.05, 0) is 66.0 Å². The molecule has 1 saturated carbocycles. The van der Waals surface area contributed by atoms with Gasteiger partial charge in [-0.2, -0.15) is 0 Å². The van der Waals surface area contributed by atoms with Gasteiger partial charge in [-0.1, -0.05) is 6.42 Å². The monoisotopic (exact) mass is 282 g/mol. The molecule has 20 heavy (non-hydrogen) atoms. The fraction of sp³-hybridized carbons (Fsp3) is 0.938. The molecule has 2 rings (SSSR count). The van der Waals surface area contributed by atoms with Crippen molar-refractivity contribution in [3.63, 3.8) is 0 Å². The number of nitrogens with zero attached hydrogens (tertiary/aromatic N) is 1. The highest BCUT2D eigenvalue weighted by atomic mass is 16.5. The molecule has 1 saturated heterocycles.